The Morgan fingerprint density at radius 1 is 1.56 bits per heavy atom. The highest BCUT2D eigenvalue weighted by atomic mass is 32.1. The van der Waals surface area contributed by atoms with Crippen LogP contribution in [0.15, 0.2) is 23.6 Å². The van der Waals surface area contributed by atoms with Crippen LogP contribution in [0.4, 0.5) is 0 Å². The monoisotopic (exact) mass is 263 g/mol. The summed E-state index contributed by atoms with van der Waals surface area (Å²) >= 11 is 1.66. The fourth-order valence-electron chi connectivity index (χ4n) is 1.89. The minimum Gasteiger partial charge on any atom is -0.336 e. The van der Waals surface area contributed by atoms with Crippen LogP contribution in [0.1, 0.15) is 38.0 Å². The van der Waals surface area contributed by atoms with E-state index in [0.29, 0.717) is 12.0 Å². The third-order valence-corrected chi connectivity index (χ3v) is 3.99. The van der Waals surface area contributed by atoms with E-state index in [9.17, 15) is 4.79 Å². The summed E-state index contributed by atoms with van der Waals surface area (Å²) in [6.45, 7) is 5.31. The Balaban J connectivity index is 1.91. The maximum absolute atomic E-state index is 12.2. The van der Waals surface area contributed by atoms with Gasteiger partial charge < -0.3 is 4.90 Å². The molecule has 0 radical (unpaired) electrons. The zero-order valence-corrected chi connectivity index (χ0v) is 12.0. The Morgan fingerprint density at radius 2 is 2.33 bits per heavy atom. The molecule has 1 saturated carbocycles. The predicted octanol–water partition coefficient (Wildman–Crippen LogP) is 3.80. The van der Waals surface area contributed by atoms with Gasteiger partial charge in [-0.1, -0.05) is 19.9 Å². The molecule has 1 aliphatic rings. The highest BCUT2D eigenvalue weighted by Gasteiger charge is 2.31. The van der Waals surface area contributed by atoms with Crippen molar-refractivity contribution < 1.29 is 4.79 Å². The zero-order chi connectivity index (χ0) is 13.0. The molecule has 1 aromatic rings. The first-order valence-electron chi connectivity index (χ1n) is 6.69. The van der Waals surface area contributed by atoms with Gasteiger partial charge in [-0.2, -0.15) is 0 Å². The lowest BCUT2D eigenvalue weighted by Gasteiger charge is -2.21. The third-order valence-electron chi connectivity index (χ3n) is 3.15. The molecule has 1 aromatic heterocycles. The Labute approximate surface area is 113 Å². The van der Waals surface area contributed by atoms with Crippen molar-refractivity contribution in [2.75, 3.05) is 6.54 Å². The van der Waals surface area contributed by atoms with Crippen molar-refractivity contribution in [3.05, 3.63) is 28.5 Å². The van der Waals surface area contributed by atoms with E-state index in [2.05, 4.69) is 13.8 Å². The largest absolute Gasteiger partial charge is 0.336 e. The van der Waals surface area contributed by atoms with Crippen LogP contribution in [0.2, 0.25) is 0 Å². The van der Waals surface area contributed by atoms with E-state index in [0.717, 1.165) is 17.8 Å². The first-order chi connectivity index (χ1) is 8.66. The van der Waals surface area contributed by atoms with Crippen LogP contribution in [-0.4, -0.2) is 23.4 Å². The van der Waals surface area contributed by atoms with Gasteiger partial charge in [0, 0.05) is 23.5 Å². The Kier molecular flexibility index (Phi) is 4.59. The summed E-state index contributed by atoms with van der Waals surface area (Å²) in [5, 5.41) is 2.03. The predicted molar refractivity (Wildman–Crippen MR) is 77.5 cm³/mol. The Bertz CT molecular complexity index is 404. The first-order valence-corrected chi connectivity index (χ1v) is 7.57. The van der Waals surface area contributed by atoms with Crippen LogP contribution < -0.4 is 0 Å². The number of carbonyl (C=O) groups excluding carboxylic acids is 1. The van der Waals surface area contributed by atoms with Crippen molar-refractivity contribution in [3.8, 4) is 0 Å². The maximum atomic E-state index is 12.2. The number of hydrogen-bond acceptors (Lipinski definition) is 2. The number of rotatable bonds is 6. The smallest absolute Gasteiger partial charge is 0.246 e. The van der Waals surface area contributed by atoms with Crippen LogP contribution in [0, 0.1) is 5.92 Å². The molecule has 3 heteroatoms. The van der Waals surface area contributed by atoms with E-state index < -0.39 is 0 Å². The van der Waals surface area contributed by atoms with E-state index in [1.807, 2.05) is 28.5 Å². The summed E-state index contributed by atoms with van der Waals surface area (Å²) in [6.07, 6.45) is 7.10. The highest BCUT2D eigenvalue weighted by Crippen LogP contribution is 2.28. The fraction of sp³-hybridized carbons (Fsp3) is 0.533. The topological polar surface area (TPSA) is 20.3 Å². The van der Waals surface area contributed by atoms with Crippen LogP contribution in [-0.2, 0) is 4.79 Å². The lowest BCUT2D eigenvalue weighted by molar-refractivity contribution is -0.126. The second kappa shape index (κ2) is 6.19. The Hall–Kier alpha value is -1.09. The highest BCUT2D eigenvalue weighted by molar-refractivity contribution is 7.10. The molecular weight excluding hydrogens is 242 g/mol. The molecule has 0 N–H and O–H groups in total. The SMILES string of the molecule is CC(C)CCN(C(=O)/C=C/c1cccs1)C1CC1. The van der Waals surface area contributed by atoms with Crippen molar-refractivity contribution in [1.29, 1.82) is 0 Å². The third kappa shape index (κ3) is 3.98. The number of carbonyl (C=O) groups is 1. The van der Waals surface area contributed by atoms with Gasteiger partial charge >= 0.3 is 0 Å². The Morgan fingerprint density at radius 3 is 2.89 bits per heavy atom. The van der Waals surface area contributed by atoms with Gasteiger partial charge in [-0.25, -0.2) is 0 Å². The number of thiophene rings is 1. The maximum Gasteiger partial charge on any atom is 0.246 e. The molecule has 0 aromatic carbocycles. The van der Waals surface area contributed by atoms with E-state index in [4.69, 9.17) is 0 Å². The second-order valence-corrected chi connectivity index (χ2v) is 6.27. The van der Waals surface area contributed by atoms with E-state index in [1.54, 1.807) is 17.4 Å². The molecule has 2 nitrogen and oxygen atoms in total. The van der Waals surface area contributed by atoms with Crippen molar-refractivity contribution in [1.82, 2.24) is 4.90 Å². The molecule has 98 valence electrons. The van der Waals surface area contributed by atoms with Crippen LogP contribution >= 0.6 is 11.3 Å². The minimum absolute atomic E-state index is 0.173. The van der Waals surface area contributed by atoms with E-state index in [1.165, 1.54) is 12.8 Å². The molecule has 0 saturated heterocycles. The summed E-state index contributed by atoms with van der Waals surface area (Å²) in [6, 6.07) is 4.54. The molecule has 0 atom stereocenters. The van der Waals surface area contributed by atoms with Crippen LogP contribution in [0.3, 0.4) is 0 Å². The van der Waals surface area contributed by atoms with Gasteiger partial charge in [0.15, 0.2) is 0 Å². The second-order valence-electron chi connectivity index (χ2n) is 5.29. The normalized spacial score (nSPS) is 15.5. The molecule has 1 amide bonds. The molecule has 1 aliphatic carbocycles. The molecule has 0 aliphatic heterocycles. The summed E-state index contributed by atoms with van der Waals surface area (Å²) in [4.78, 5) is 15.4. The molecule has 0 bridgehead atoms. The van der Waals surface area contributed by atoms with Gasteiger partial charge in [0.25, 0.3) is 0 Å². The number of hydrogen-bond donors (Lipinski definition) is 0. The number of nitrogens with zero attached hydrogens (tertiary/aromatic N) is 1. The summed E-state index contributed by atoms with van der Waals surface area (Å²) in [5.41, 5.74) is 0. The number of amides is 1. The lowest BCUT2D eigenvalue weighted by Crippen LogP contribution is -2.33. The van der Waals surface area contributed by atoms with Gasteiger partial charge in [0.1, 0.15) is 0 Å². The molecule has 0 spiro atoms. The first kappa shape index (κ1) is 13.3. The van der Waals surface area contributed by atoms with Crippen LogP contribution in [0.5, 0.6) is 0 Å². The molecule has 0 unspecified atom stereocenters. The van der Waals surface area contributed by atoms with Crippen molar-refractivity contribution >= 4 is 23.3 Å². The van der Waals surface area contributed by atoms with Gasteiger partial charge in [0.2, 0.25) is 5.91 Å². The van der Waals surface area contributed by atoms with Crippen molar-refractivity contribution in [2.45, 2.75) is 39.2 Å². The van der Waals surface area contributed by atoms with Crippen LogP contribution in [0.25, 0.3) is 6.08 Å². The van der Waals surface area contributed by atoms with Gasteiger partial charge in [-0.3, -0.25) is 4.79 Å². The lowest BCUT2D eigenvalue weighted by atomic mass is 10.1. The summed E-state index contributed by atoms with van der Waals surface area (Å²) < 4.78 is 0. The fourth-order valence-corrected chi connectivity index (χ4v) is 2.51. The quantitative estimate of drug-likeness (QED) is 0.715. The standard InChI is InChI=1S/C15H21NOS/c1-12(2)9-10-16(13-5-6-13)15(17)8-7-14-4-3-11-18-14/h3-4,7-8,11-13H,5-6,9-10H2,1-2H3/b8-7+. The molecule has 18 heavy (non-hydrogen) atoms. The average Bonchev–Trinajstić information content (AvgIpc) is 3.03. The molecular formula is C15H21NOS. The van der Waals surface area contributed by atoms with E-state index >= 15 is 0 Å². The van der Waals surface area contributed by atoms with Gasteiger partial charge in [-0.15, -0.1) is 11.3 Å². The molecule has 1 fully saturated rings. The average molecular weight is 263 g/mol. The zero-order valence-electron chi connectivity index (χ0n) is 11.1. The molecule has 1 heterocycles. The van der Waals surface area contributed by atoms with Crippen molar-refractivity contribution in [3.63, 3.8) is 0 Å². The van der Waals surface area contributed by atoms with Crippen molar-refractivity contribution in [2.24, 2.45) is 5.92 Å². The summed E-state index contributed by atoms with van der Waals surface area (Å²) in [5.74, 6) is 0.826. The minimum atomic E-state index is 0.173. The molecule has 2 rings (SSSR count). The van der Waals surface area contributed by atoms with E-state index in [-0.39, 0.29) is 5.91 Å². The van der Waals surface area contributed by atoms with Gasteiger partial charge in [0.05, 0.1) is 0 Å². The summed E-state index contributed by atoms with van der Waals surface area (Å²) in [7, 11) is 0. The van der Waals surface area contributed by atoms with Gasteiger partial charge in [-0.05, 0) is 42.7 Å².